The average molecular weight is 358 g/mol. The first-order chi connectivity index (χ1) is 13.2. The smallest absolute Gasteiger partial charge is 0.255 e. The van der Waals surface area contributed by atoms with Crippen LogP contribution >= 0.6 is 0 Å². The van der Waals surface area contributed by atoms with Crippen molar-refractivity contribution in [2.24, 2.45) is 0 Å². The lowest BCUT2D eigenvalue weighted by Gasteiger charge is -2.09. The lowest BCUT2D eigenvalue weighted by atomic mass is 10.2. The molecule has 5 heteroatoms. The number of nitrogens with one attached hydrogen (secondary N) is 1. The van der Waals surface area contributed by atoms with E-state index < -0.39 is 0 Å². The van der Waals surface area contributed by atoms with Gasteiger partial charge in [-0.2, -0.15) is 5.26 Å². The van der Waals surface area contributed by atoms with Gasteiger partial charge in [0.2, 0.25) is 0 Å². The summed E-state index contributed by atoms with van der Waals surface area (Å²) in [7, 11) is 0. The third-order valence-corrected chi connectivity index (χ3v) is 3.76. The molecule has 0 radical (unpaired) electrons. The zero-order valence-corrected chi connectivity index (χ0v) is 14.6. The quantitative estimate of drug-likeness (QED) is 0.679. The maximum atomic E-state index is 12.5. The van der Waals surface area contributed by atoms with Gasteiger partial charge in [-0.25, -0.2) is 0 Å². The number of ether oxygens (including phenoxy) is 2. The van der Waals surface area contributed by atoms with Crippen LogP contribution in [0.15, 0.2) is 78.9 Å². The number of nitrogens with zero attached hydrogens (tertiary/aromatic N) is 1. The average Bonchev–Trinajstić information content (AvgIpc) is 2.73. The molecular weight excluding hydrogens is 340 g/mol. The number of nitriles is 1. The number of hydrogen-bond donors (Lipinski definition) is 1. The van der Waals surface area contributed by atoms with Crippen LogP contribution in [-0.2, 0) is 6.61 Å². The molecule has 0 aliphatic carbocycles. The van der Waals surface area contributed by atoms with Gasteiger partial charge in [0.25, 0.3) is 5.91 Å². The Morgan fingerprint density at radius 2 is 1.67 bits per heavy atom. The number of carbonyl (C=O) groups excluding carboxylic acids is 1. The summed E-state index contributed by atoms with van der Waals surface area (Å²) in [5.74, 6) is 0.975. The Bertz CT molecular complexity index is 932. The molecule has 0 spiro atoms. The summed E-state index contributed by atoms with van der Waals surface area (Å²) in [5, 5.41) is 11.3. The maximum absolute atomic E-state index is 12.5. The normalized spacial score (nSPS) is 9.89. The summed E-state index contributed by atoms with van der Waals surface area (Å²) in [6.07, 6.45) is 0. The fourth-order valence-electron chi connectivity index (χ4n) is 2.42. The summed E-state index contributed by atoms with van der Waals surface area (Å²) in [4.78, 5) is 12.5. The van der Waals surface area contributed by atoms with E-state index in [9.17, 15) is 4.79 Å². The Hall–Kier alpha value is -3.78. The molecule has 1 amide bonds. The lowest BCUT2D eigenvalue weighted by molar-refractivity contribution is 0.102. The minimum Gasteiger partial charge on any atom is -0.489 e. The van der Waals surface area contributed by atoms with Crippen molar-refractivity contribution in [2.75, 3.05) is 11.9 Å². The van der Waals surface area contributed by atoms with Gasteiger partial charge < -0.3 is 14.8 Å². The summed E-state index contributed by atoms with van der Waals surface area (Å²) < 4.78 is 11.0. The molecule has 1 N–H and O–H groups in total. The van der Waals surface area contributed by atoms with Gasteiger partial charge in [0, 0.05) is 11.3 Å². The van der Waals surface area contributed by atoms with Gasteiger partial charge in [0.05, 0.1) is 0 Å². The number of benzene rings is 3. The van der Waals surface area contributed by atoms with Crippen molar-refractivity contribution in [1.82, 2.24) is 0 Å². The first-order valence-corrected chi connectivity index (χ1v) is 8.42. The SMILES string of the molecule is N#CCOc1ccc(NC(=O)c2cccc(OCc3ccccc3)c2)cc1. The fourth-order valence-corrected chi connectivity index (χ4v) is 2.42. The Morgan fingerprint density at radius 3 is 2.41 bits per heavy atom. The molecule has 27 heavy (non-hydrogen) atoms. The van der Waals surface area contributed by atoms with Crippen LogP contribution in [0.25, 0.3) is 0 Å². The molecule has 0 unspecified atom stereocenters. The van der Waals surface area contributed by atoms with E-state index in [2.05, 4.69) is 5.32 Å². The largest absolute Gasteiger partial charge is 0.489 e. The van der Waals surface area contributed by atoms with Gasteiger partial charge in [-0.3, -0.25) is 4.79 Å². The highest BCUT2D eigenvalue weighted by molar-refractivity contribution is 6.04. The Kier molecular flexibility index (Phi) is 6.05. The van der Waals surface area contributed by atoms with Gasteiger partial charge >= 0.3 is 0 Å². The monoisotopic (exact) mass is 358 g/mol. The molecule has 3 rings (SSSR count). The van der Waals surface area contributed by atoms with Crippen molar-refractivity contribution in [3.05, 3.63) is 90.0 Å². The van der Waals surface area contributed by atoms with E-state index in [1.807, 2.05) is 42.5 Å². The number of anilines is 1. The van der Waals surface area contributed by atoms with E-state index in [-0.39, 0.29) is 12.5 Å². The standard InChI is InChI=1S/C22H18N2O3/c23-13-14-26-20-11-9-19(10-12-20)24-22(25)18-7-4-8-21(15-18)27-16-17-5-2-1-3-6-17/h1-12,15H,14,16H2,(H,24,25). The van der Waals surface area contributed by atoms with Crippen molar-refractivity contribution < 1.29 is 14.3 Å². The van der Waals surface area contributed by atoms with E-state index in [1.165, 1.54) is 0 Å². The van der Waals surface area contributed by atoms with Gasteiger partial charge in [-0.1, -0.05) is 36.4 Å². The van der Waals surface area contributed by atoms with Crippen molar-refractivity contribution in [3.63, 3.8) is 0 Å². The Balaban J connectivity index is 1.60. The minimum atomic E-state index is -0.231. The summed E-state index contributed by atoms with van der Waals surface area (Å²) >= 11 is 0. The molecule has 0 aliphatic rings. The zero-order valence-electron chi connectivity index (χ0n) is 14.6. The predicted octanol–water partition coefficient (Wildman–Crippen LogP) is 4.42. The van der Waals surface area contributed by atoms with E-state index in [1.54, 1.807) is 42.5 Å². The highest BCUT2D eigenvalue weighted by Crippen LogP contribution is 2.19. The van der Waals surface area contributed by atoms with Crippen LogP contribution in [0.1, 0.15) is 15.9 Å². The van der Waals surface area contributed by atoms with Crippen LogP contribution in [0, 0.1) is 11.3 Å². The van der Waals surface area contributed by atoms with Crippen LogP contribution in [0.2, 0.25) is 0 Å². The van der Waals surface area contributed by atoms with Gasteiger partial charge in [-0.15, -0.1) is 0 Å². The molecule has 0 atom stereocenters. The maximum Gasteiger partial charge on any atom is 0.255 e. The summed E-state index contributed by atoms with van der Waals surface area (Å²) in [5.41, 5.74) is 2.20. The lowest BCUT2D eigenvalue weighted by Crippen LogP contribution is -2.12. The second-order valence-electron chi connectivity index (χ2n) is 5.73. The summed E-state index contributed by atoms with van der Waals surface area (Å²) in [6.45, 7) is 0.428. The van der Waals surface area contributed by atoms with Crippen LogP contribution in [0.5, 0.6) is 11.5 Å². The molecule has 3 aromatic carbocycles. The molecule has 0 saturated heterocycles. The van der Waals surface area contributed by atoms with Crippen LogP contribution in [-0.4, -0.2) is 12.5 Å². The number of carbonyl (C=O) groups is 1. The molecule has 0 bridgehead atoms. The van der Waals surface area contributed by atoms with Crippen molar-refractivity contribution in [3.8, 4) is 17.6 Å². The minimum absolute atomic E-state index is 0.0124. The van der Waals surface area contributed by atoms with Gasteiger partial charge in [-0.05, 0) is 48.0 Å². The van der Waals surface area contributed by atoms with Crippen LogP contribution in [0.3, 0.4) is 0 Å². The first kappa shape index (κ1) is 18.0. The van der Waals surface area contributed by atoms with E-state index in [0.29, 0.717) is 29.4 Å². The van der Waals surface area contributed by atoms with Gasteiger partial charge in [0.15, 0.2) is 6.61 Å². The molecular formula is C22H18N2O3. The molecule has 3 aromatic rings. The second kappa shape index (κ2) is 9.07. The summed E-state index contributed by atoms with van der Waals surface area (Å²) in [6, 6.07) is 25.6. The molecule has 0 fully saturated rings. The topological polar surface area (TPSA) is 71.3 Å². The number of amides is 1. The molecule has 0 saturated carbocycles. The first-order valence-electron chi connectivity index (χ1n) is 8.42. The highest BCUT2D eigenvalue weighted by atomic mass is 16.5. The molecule has 5 nitrogen and oxygen atoms in total. The highest BCUT2D eigenvalue weighted by Gasteiger charge is 2.08. The van der Waals surface area contributed by atoms with E-state index >= 15 is 0 Å². The van der Waals surface area contributed by atoms with Gasteiger partial charge in [0.1, 0.15) is 24.2 Å². The van der Waals surface area contributed by atoms with E-state index in [4.69, 9.17) is 14.7 Å². The molecule has 0 heterocycles. The Morgan fingerprint density at radius 1 is 0.889 bits per heavy atom. The Labute approximate surface area is 157 Å². The number of rotatable bonds is 7. The fraction of sp³-hybridized carbons (Fsp3) is 0.0909. The van der Waals surface area contributed by atoms with Crippen molar-refractivity contribution in [1.29, 1.82) is 5.26 Å². The second-order valence-corrected chi connectivity index (χ2v) is 5.73. The third kappa shape index (κ3) is 5.35. The predicted molar refractivity (Wildman–Crippen MR) is 103 cm³/mol. The number of hydrogen-bond acceptors (Lipinski definition) is 4. The van der Waals surface area contributed by atoms with Crippen molar-refractivity contribution in [2.45, 2.75) is 6.61 Å². The van der Waals surface area contributed by atoms with Crippen molar-refractivity contribution >= 4 is 11.6 Å². The van der Waals surface area contributed by atoms with Crippen LogP contribution in [0.4, 0.5) is 5.69 Å². The zero-order chi connectivity index (χ0) is 18.9. The molecule has 134 valence electrons. The van der Waals surface area contributed by atoms with E-state index in [0.717, 1.165) is 5.56 Å². The molecule has 0 aliphatic heterocycles. The van der Waals surface area contributed by atoms with Crippen LogP contribution < -0.4 is 14.8 Å². The molecule has 0 aromatic heterocycles. The third-order valence-electron chi connectivity index (χ3n) is 3.76.